The fourth-order valence-corrected chi connectivity index (χ4v) is 4.98. The highest BCUT2D eigenvalue weighted by Crippen LogP contribution is 2.31. The number of aliphatic imine (C=N–C) groups is 1. The molecule has 0 aromatic heterocycles. The van der Waals surface area contributed by atoms with Crippen molar-refractivity contribution in [2.24, 2.45) is 4.99 Å². The van der Waals surface area contributed by atoms with Gasteiger partial charge in [-0.1, -0.05) is 36.8 Å². The SMILES string of the molecule is CCC1=C(c2ccc(C)cc2)S(=O)(=O)NC1=NCC(=O)NCc1cc(OC)ccc1OC. The minimum absolute atomic E-state index is 0.206. The summed E-state index contributed by atoms with van der Waals surface area (Å²) in [4.78, 5) is 16.9. The number of ether oxygens (including phenoxy) is 2. The summed E-state index contributed by atoms with van der Waals surface area (Å²) in [6, 6.07) is 12.6. The van der Waals surface area contributed by atoms with Crippen LogP contribution in [0, 0.1) is 6.92 Å². The highest BCUT2D eigenvalue weighted by Gasteiger charge is 2.34. The average molecular weight is 458 g/mol. The maximum Gasteiger partial charge on any atom is 0.264 e. The smallest absolute Gasteiger partial charge is 0.264 e. The first-order valence-corrected chi connectivity index (χ1v) is 11.6. The molecule has 0 bridgehead atoms. The van der Waals surface area contributed by atoms with Crippen molar-refractivity contribution in [3.05, 3.63) is 64.7 Å². The Bertz CT molecular complexity index is 1170. The lowest BCUT2D eigenvalue weighted by atomic mass is 10.1. The van der Waals surface area contributed by atoms with Gasteiger partial charge in [0.15, 0.2) is 0 Å². The molecular weight excluding hydrogens is 430 g/mol. The largest absolute Gasteiger partial charge is 0.497 e. The van der Waals surface area contributed by atoms with Gasteiger partial charge in [-0.2, -0.15) is 0 Å². The zero-order valence-electron chi connectivity index (χ0n) is 18.6. The first kappa shape index (κ1) is 23.3. The third-order valence-electron chi connectivity index (χ3n) is 5.07. The van der Waals surface area contributed by atoms with Gasteiger partial charge in [0.2, 0.25) is 5.91 Å². The van der Waals surface area contributed by atoms with E-state index in [0.29, 0.717) is 29.1 Å². The van der Waals surface area contributed by atoms with Crippen molar-refractivity contribution in [3.8, 4) is 11.5 Å². The Kier molecular flexibility index (Phi) is 7.19. The lowest BCUT2D eigenvalue weighted by Gasteiger charge is -2.11. The molecule has 0 spiro atoms. The van der Waals surface area contributed by atoms with E-state index in [4.69, 9.17) is 9.47 Å². The average Bonchev–Trinajstić information content (AvgIpc) is 3.05. The number of benzene rings is 2. The number of amidine groups is 1. The van der Waals surface area contributed by atoms with Crippen LogP contribution in [0.25, 0.3) is 4.91 Å². The normalized spacial score (nSPS) is 16.1. The molecule has 0 saturated carbocycles. The fraction of sp³-hybridized carbons (Fsp3) is 0.304. The van der Waals surface area contributed by atoms with Crippen molar-refractivity contribution in [2.75, 3.05) is 20.8 Å². The van der Waals surface area contributed by atoms with Gasteiger partial charge in [0.25, 0.3) is 10.0 Å². The molecule has 1 aliphatic heterocycles. The summed E-state index contributed by atoms with van der Waals surface area (Å²) in [5.74, 6) is 1.13. The van der Waals surface area contributed by atoms with Crippen molar-refractivity contribution in [1.82, 2.24) is 10.0 Å². The highest BCUT2D eigenvalue weighted by molar-refractivity contribution is 8.00. The Balaban J connectivity index is 1.76. The van der Waals surface area contributed by atoms with Crippen LogP contribution in [-0.2, 0) is 21.4 Å². The van der Waals surface area contributed by atoms with Crippen LogP contribution in [0.15, 0.2) is 53.0 Å². The molecule has 1 amide bonds. The van der Waals surface area contributed by atoms with Gasteiger partial charge in [-0.25, -0.2) is 8.42 Å². The summed E-state index contributed by atoms with van der Waals surface area (Å²) < 4.78 is 38.5. The summed E-state index contributed by atoms with van der Waals surface area (Å²) in [7, 11) is -0.633. The Labute approximate surface area is 188 Å². The predicted octanol–water partition coefficient (Wildman–Crippen LogP) is 2.78. The molecule has 0 saturated heterocycles. The zero-order chi connectivity index (χ0) is 23.3. The van der Waals surface area contributed by atoms with Crippen LogP contribution < -0.4 is 19.5 Å². The predicted molar refractivity (Wildman–Crippen MR) is 124 cm³/mol. The van der Waals surface area contributed by atoms with Gasteiger partial charge < -0.3 is 14.8 Å². The molecule has 0 unspecified atom stereocenters. The van der Waals surface area contributed by atoms with E-state index in [1.54, 1.807) is 44.6 Å². The van der Waals surface area contributed by atoms with Crippen LogP contribution in [0.4, 0.5) is 0 Å². The van der Waals surface area contributed by atoms with Gasteiger partial charge in [-0.05, 0) is 37.1 Å². The molecule has 2 aromatic carbocycles. The van der Waals surface area contributed by atoms with Crippen molar-refractivity contribution >= 4 is 26.7 Å². The molecule has 0 fully saturated rings. The van der Waals surface area contributed by atoms with E-state index in [-0.39, 0.29) is 29.7 Å². The van der Waals surface area contributed by atoms with Gasteiger partial charge in [0.1, 0.15) is 28.8 Å². The Morgan fingerprint density at radius 1 is 1.09 bits per heavy atom. The Hall–Kier alpha value is -3.33. The number of sulfonamides is 1. The van der Waals surface area contributed by atoms with Gasteiger partial charge in [0, 0.05) is 17.7 Å². The second-order valence-electron chi connectivity index (χ2n) is 7.25. The second kappa shape index (κ2) is 9.86. The summed E-state index contributed by atoms with van der Waals surface area (Å²) in [6.45, 7) is 3.80. The molecule has 0 radical (unpaired) electrons. The number of rotatable bonds is 8. The lowest BCUT2D eigenvalue weighted by Crippen LogP contribution is -2.28. The van der Waals surface area contributed by atoms with E-state index in [0.717, 1.165) is 11.1 Å². The Morgan fingerprint density at radius 2 is 1.81 bits per heavy atom. The molecule has 32 heavy (non-hydrogen) atoms. The summed E-state index contributed by atoms with van der Waals surface area (Å²) >= 11 is 0. The second-order valence-corrected chi connectivity index (χ2v) is 8.87. The van der Waals surface area contributed by atoms with E-state index < -0.39 is 10.0 Å². The zero-order valence-corrected chi connectivity index (χ0v) is 19.4. The molecule has 1 heterocycles. The maximum absolute atomic E-state index is 12.7. The molecule has 3 rings (SSSR count). The van der Waals surface area contributed by atoms with Crippen LogP contribution in [0.1, 0.15) is 30.0 Å². The maximum atomic E-state index is 12.7. The minimum atomic E-state index is -3.75. The summed E-state index contributed by atoms with van der Waals surface area (Å²) in [6.07, 6.45) is 0.455. The van der Waals surface area contributed by atoms with Crippen LogP contribution in [0.2, 0.25) is 0 Å². The van der Waals surface area contributed by atoms with E-state index in [1.807, 2.05) is 26.0 Å². The van der Waals surface area contributed by atoms with Crippen molar-refractivity contribution in [3.63, 3.8) is 0 Å². The number of nitrogens with one attached hydrogen (secondary N) is 2. The lowest BCUT2D eigenvalue weighted by molar-refractivity contribution is -0.119. The minimum Gasteiger partial charge on any atom is -0.497 e. The van der Waals surface area contributed by atoms with Crippen LogP contribution in [0.3, 0.4) is 0 Å². The first-order chi connectivity index (χ1) is 15.3. The number of carbonyl (C=O) groups is 1. The number of hydrogen-bond donors (Lipinski definition) is 2. The highest BCUT2D eigenvalue weighted by atomic mass is 32.2. The monoisotopic (exact) mass is 457 g/mol. The van der Waals surface area contributed by atoms with Crippen molar-refractivity contribution in [2.45, 2.75) is 26.8 Å². The number of amides is 1. The van der Waals surface area contributed by atoms with Gasteiger partial charge >= 0.3 is 0 Å². The third kappa shape index (κ3) is 5.11. The molecule has 8 nitrogen and oxygen atoms in total. The molecule has 2 aromatic rings. The number of hydrogen-bond acceptors (Lipinski definition) is 6. The molecular formula is C23H27N3O5S. The van der Waals surface area contributed by atoms with Gasteiger partial charge in [-0.15, -0.1) is 0 Å². The van der Waals surface area contributed by atoms with Gasteiger partial charge in [0.05, 0.1) is 14.2 Å². The molecule has 2 N–H and O–H groups in total. The molecule has 1 aliphatic rings. The number of methoxy groups -OCH3 is 2. The first-order valence-electron chi connectivity index (χ1n) is 10.1. The number of carbonyl (C=O) groups excluding carboxylic acids is 1. The van der Waals surface area contributed by atoms with Crippen LogP contribution in [-0.4, -0.2) is 40.9 Å². The van der Waals surface area contributed by atoms with Crippen LogP contribution in [0.5, 0.6) is 11.5 Å². The summed E-state index contributed by atoms with van der Waals surface area (Å²) in [5.41, 5.74) is 2.95. The van der Waals surface area contributed by atoms with Crippen molar-refractivity contribution < 1.29 is 22.7 Å². The standard InChI is InChI=1S/C23H27N3O5S/c1-5-19-22(16-8-6-15(2)7-9-16)32(28,29)26-23(19)25-14-21(27)24-13-17-12-18(30-3)10-11-20(17)31-4/h6-12H,5,13-14H2,1-4H3,(H,24,27)(H,25,26). The number of nitrogens with zero attached hydrogens (tertiary/aromatic N) is 1. The number of aryl methyl sites for hydroxylation is 1. The third-order valence-corrected chi connectivity index (χ3v) is 6.55. The van der Waals surface area contributed by atoms with Gasteiger partial charge in [-0.3, -0.25) is 14.5 Å². The topological polar surface area (TPSA) is 106 Å². The molecule has 0 aliphatic carbocycles. The quantitative estimate of drug-likeness (QED) is 0.634. The van der Waals surface area contributed by atoms with E-state index in [1.165, 1.54) is 0 Å². The molecule has 0 atom stereocenters. The fourth-order valence-electron chi connectivity index (χ4n) is 3.42. The molecule has 9 heteroatoms. The van der Waals surface area contributed by atoms with Crippen LogP contribution >= 0.6 is 0 Å². The van der Waals surface area contributed by atoms with Crippen molar-refractivity contribution in [1.29, 1.82) is 0 Å². The summed E-state index contributed by atoms with van der Waals surface area (Å²) in [5, 5.41) is 2.78. The Morgan fingerprint density at radius 3 is 2.44 bits per heavy atom. The van der Waals surface area contributed by atoms with E-state index in [9.17, 15) is 13.2 Å². The van der Waals surface area contributed by atoms with E-state index in [2.05, 4.69) is 15.0 Å². The van der Waals surface area contributed by atoms with E-state index >= 15 is 0 Å². The molecule has 170 valence electrons.